The molecule has 0 spiro atoms. The fraction of sp³-hybridized carbons (Fsp3) is 0.636. The van der Waals surface area contributed by atoms with Crippen LogP contribution in [0.5, 0.6) is 0 Å². The molecule has 5 heteroatoms. The highest BCUT2D eigenvalue weighted by atomic mass is 16.3. The Labute approximate surface area is 96.3 Å². The lowest BCUT2D eigenvalue weighted by molar-refractivity contribution is 0.269. The summed E-state index contributed by atoms with van der Waals surface area (Å²) in [5, 5.41) is 9.14. The van der Waals surface area contributed by atoms with E-state index in [1.54, 1.807) is 0 Å². The van der Waals surface area contributed by atoms with Crippen LogP contribution in [-0.4, -0.2) is 34.8 Å². The minimum absolute atomic E-state index is 0.0184. The number of hydrogen-bond donors (Lipinski definition) is 2. The topological polar surface area (TPSA) is 75.3 Å². The first-order chi connectivity index (χ1) is 7.61. The van der Waals surface area contributed by atoms with E-state index < -0.39 is 0 Å². The predicted molar refractivity (Wildman–Crippen MR) is 65.4 cm³/mol. The lowest BCUT2D eigenvalue weighted by Crippen LogP contribution is -2.33. The maximum Gasteiger partial charge on any atom is 0.137 e. The minimum Gasteiger partial charge on any atom is -0.394 e. The summed E-state index contributed by atoms with van der Waals surface area (Å²) < 4.78 is 0. The third kappa shape index (κ3) is 2.61. The van der Waals surface area contributed by atoms with Gasteiger partial charge in [-0.2, -0.15) is 0 Å². The van der Waals surface area contributed by atoms with E-state index in [0.717, 1.165) is 24.2 Å². The maximum absolute atomic E-state index is 9.14. The van der Waals surface area contributed by atoms with Crippen molar-refractivity contribution in [1.29, 1.82) is 0 Å². The van der Waals surface area contributed by atoms with Gasteiger partial charge in [0.1, 0.15) is 18.0 Å². The fourth-order valence-corrected chi connectivity index (χ4v) is 1.54. The summed E-state index contributed by atoms with van der Waals surface area (Å²) in [4.78, 5) is 10.2. The molecule has 1 unspecified atom stereocenters. The summed E-state index contributed by atoms with van der Waals surface area (Å²) >= 11 is 0. The molecule has 16 heavy (non-hydrogen) atoms. The molecule has 0 aliphatic heterocycles. The SMILES string of the molecule is CCCc1c(N)ncnc1N(C)C(C)CO. The van der Waals surface area contributed by atoms with Crippen molar-refractivity contribution in [2.75, 3.05) is 24.3 Å². The van der Waals surface area contributed by atoms with E-state index in [1.165, 1.54) is 6.33 Å². The van der Waals surface area contributed by atoms with Crippen molar-refractivity contribution >= 4 is 11.6 Å². The van der Waals surface area contributed by atoms with Crippen molar-refractivity contribution in [3.05, 3.63) is 11.9 Å². The average molecular weight is 224 g/mol. The molecule has 1 rings (SSSR count). The number of aromatic nitrogens is 2. The molecule has 0 aromatic carbocycles. The summed E-state index contributed by atoms with van der Waals surface area (Å²) in [7, 11) is 1.90. The highest BCUT2D eigenvalue weighted by Gasteiger charge is 2.16. The molecule has 0 saturated heterocycles. The lowest BCUT2D eigenvalue weighted by Gasteiger charge is -2.26. The Kier molecular flexibility index (Phi) is 4.49. The van der Waals surface area contributed by atoms with Gasteiger partial charge in [-0.25, -0.2) is 9.97 Å². The molecule has 0 bridgehead atoms. The van der Waals surface area contributed by atoms with Gasteiger partial charge in [-0.15, -0.1) is 0 Å². The van der Waals surface area contributed by atoms with Crippen LogP contribution in [0.4, 0.5) is 11.6 Å². The maximum atomic E-state index is 9.14. The second-order valence-corrected chi connectivity index (χ2v) is 3.95. The van der Waals surface area contributed by atoms with Crippen molar-refractivity contribution in [3.8, 4) is 0 Å². The first kappa shape index (κ1) is 12.7. The zero-order valence-electron chi connectivity index (χ0n) is 10.1. The smallest absolute Gasteiger partial charge is 0.137 e. The van der Waals surface area contributed by atoms with Crippen LogP contribution in [0.15, 0.2) is 6.33 Å². The van der Waals surface area contributed by atoms with Crippen LogP contribution >= 0.6 is 0 Å². The van der Waals surface area contributed by atoms with Gasteiger partial charge in [0.2, 0.25) is 0 Å². The van der Waals surface area contributed by atoms with Crippen molar-refractivity contribution in [2.45, 2.75) is 32.7 Å². The van der Waals surface area contributed by atoms with E-state index in [4.69, 9.17) is 10.8 Å². The summed E-state index contributed by atoms with van der Waals surface area (Å²) in [5.41, 5.74) is 6.81. The Hall–Kier alpha value is -1.36. The standard InChI is InChI=1S/C11H20N4O/c1-4-5-9-10(12)13-7-14-11(9)15(3)8(2)6-16/h7-8,16H,4-6H2,1-3H3,(H2,12,13,14). The molecule has 0 aliphatic rings. The lowest BCUT2D eigenvalue weighted by atomic mass is 10.1. The van der Waals surface area contributed by atoms with E-state index >= 15 is 0 Å². The van der Waals surface area contributed by atoms with Gasteiger partial charge in [0.15, 0.2) is 0 Å². The van der Waals surface area contributed by atoms with E-state index in [1.807, 2.05) is 18.9 Å². The second-order valence-electron chi connectivity index (χ2n) is 3.95. The molecular formula is C11H20N4O. The highest BCUT2D eigenvalue weighted by Crippen LogP contribution is 2.23. The number of hydrogen-bond acceptors (Lipinski definition) is 5. The van der Waals surface area contributed by atoms with E-state index in [9.17, 15) is 0 Å². The largest absolute Gasteiger partial charge is 0.394 e. The molecule has 0 amide bonds. The van der Waals surface area contributed by atoms with Gasteiger partial charge in [0.05, 0.1) is 12.6 Å². The average Bonchev–Trinajstić information content (AvgIpc) is 2.30. The van der Waals surface area contributed by atoms with Gasteiger partial charge in [-0.3, -0.25) is 0 Å². The highest BCUT2D eigenvalue weighted by molar-refractivity contribution is 5.56. The van der Waals surface area contributed by atoms with Crippen LogP contribution in [0.2, 0.25) is 0 Å². The van der Waals surface area contributed by atoms with Gasteiger partial charge in [-0.05, 0) is 13.3 Å². The third-order valence-corrected chi connectivity index (χ3v) is 2.72. The zero-order valence-corrected chi connectivity index (χ0v) is 10.1. The van der Waals surface area contributed by atoms with Crippen LogP contribution in [0.25, 0.3) is 0 Å². The quantitative estimate of drug-likeness (QED) is 0.774. The summed E-state index contributed by atoms with van der Waals surface area (Å²) in [6.07, 6.45) is 3.31. The molecule has 1 heterocycles. The fourth-order valence-electron chi connectivity index (χ4n) is 1.54. The number of aliphatic hydroxyl groups is 1. The summed E-state index contributed by atoms with van der Waals surface area (Å²) in [5.74, 6) is 1.35. The normalized spacial score (nSPS) is 12.5. The second kappa shape index (κ2) is 5.65. The molecule has 1 atom stereocenters. The number of nitrogens with two attached hydrogens (primary N) is 1. The Morgan fingerprint density at radius 1 is 1.50 bits per heavy atom. The number of anilines is 2. The molecular weight excluding hydrogens is 204 g/mol. The molecule has 5 nitrogen and oxygen atoms in total. The number of nitrogen functional groups attached to an aromatic ring is 1. The third-order valence-electron chi connectivity index (χ3n) is 2.72. The molecule has 3 N–H and O–H groups in total. The van der Waals surface area contributed by atoms with Crippen molar-refractivity contribution in [1.82, 2.24) is 9.97 Å². The Morgan fingerprint density at radius 2 is 2.19 bits per heavy atom. The first-order valence-electron chi connectivity index (χ1n) is 5.54. The Balaban J connectivity index is 3.06. The van der Waals surface area contributed by atoms with Crippen molar-refractivity contribution in [3.63, 3.8) is 0 Å². The number of aliphatic hydroxyl groups excluding tert-OH is 1. The predicted octanol–water partition coefficient (Wildman–Crippen LogP) is 0.828. The molecule has 90 valence electrons. The van der Waals surface area contributed by atoms with Crippen molar-refractivity contribution in [2.24, 2.45) is 0 Å². The van der Waals surface area contributed by atoms with Gasteiger partial charge in [0, 0.05) is 12.6 Å². The number of likely N-dealkylation sites (N-methyl/N-ethyl adjacent to an activating group) is 1. The first-order valence-corrected chi connectivity index (χ1v) is 5.54. The Morgan fingerprint density at radius 3 is 2.75 bits per heavy atom. The van der Waals surface area contributed by atoms with E-state index in [-0.39, 0.29) is 12.6 Å². The van der Waals surface area contributed by atoms with Crippen LogP contribution in [-0.2, 0) is 6.42 Å². The zero-order chi connectivity index (χ0) is 12.1. The molecule has 0 aliphatic carbocycles. The van der Waals surface area contributed by atoms with Crippen LogP contribution in [0, 0.1) is 0 Å². The van der Waals surface area contributed by atoms with E-state index in [2.05, 4.69) is 16.9 Å². The molecule has 1 aromatic rings. The Bertz CT molecular complexity index is 343. The van der Waals surface area contributed by atoms with Gasteiger partial charge in [0.25, 0.3) is 0 Å². The van der Waals surface area contributed by atoms with Gasteiger partial charge in [-0.1, -0.05) is 13.3 Å². The summed E-state index contributed by atoms with van der Waals surface area (Å²) in [6, 6.07) is 0.0184. The van der Waals surface area contributed by atoms with Crippen LogP contribution < -0.4 is 10.6 Å². The van der Waals surface area contributed by atoms with Crippen molar-refractivity contribution < 1.29 is 5.11 Å². The molecule has 0 radical (unpaired) electrons. The molecule has 0 fully saturated rings. The van der Waals surface area contributed by atoms with Crippen LogP contribution in [0.1, 0.15) is 25.8 Å². The number of nitrogens with zero attached hydrogens (tertiary/aromatic N) is 3. The van der Waals surface area contributed by atoms with Crippen LogP contribution in [0.3, 0.4) is 0 Å². The minimum atomic E-state index is 0.0184. The van der Waals surface area contributed by atoms with Gasteiger partial charge < -0.3 is 15.7 Å². The number of rotatable bonds is 5. The van der Waals surface area contributed by atoms with E-state index in [0.29, 0.717) is 5.82 Å². The monoisotopic (exact) mass is 224 g/mol. The summed E-state index contributed by atoms with van der Waals surface area (Å²) in [6.45, 7) is 4.12. The van der Waals surface area contributed by atoms with Gasteiger partial charge >= 0.3 is 0 Å². The molecule has 0 saturated carbocycles. The molecule has 1 aromatic heterocycles.